The van der Waals surface area contributed by atoms with Crippen LogP contribution in [0, 0.1) is 10.1 Å². The molecule has 0 radical (unpaired) electrons. The normalized spacial score (nSPS) is 16.2. The number of aromatic nitrogens is 2. The highest BCUT2D eigenvalue weighted by Crippen LogP contribution is 2.25. The Morgan fingerprint density at radius 2 is 2.19 bits per heavy atom. The quantitative estimate of drug-likeness (QED) is 0.461. The number of piperazine rings is 1. The van der Waals surface area contributed by atoms with E-state index in [0.29, 0.717) is 18.9 Å². The molecule has 0 aliphatic carbocycles. The van der Waals surface area contributed by atoms with Gasteiger partial charge in [-0.15, -0.1) is 0 Å². The number of anilines is 1. The minimum Gasteiger partial charge on any atom is -0.348 e. The van der Waals surface area contributed by atoms with Crippen LogP contribution in [0.5, 0.6) is 0 Å². The number of nitrogens with zero attached hydrogens (tertiary/aromatic N) is 4. The molecule has 0 spiro atoms. The monoisotopic (exact) mass is 243 g/mol. The third kappa shape index (κ3) is 2.20. The maximum Gasteiger partial charge on any atom is 0.329 e. The zero-order chi connectivity index (χ0) is 11.5. The van der Waals surface area contributed by atoms with Gasteiger partial charge < -0.3 is 10.2 Å². The summed E-state index contributed by atoms with van der Waals surface area (Å²) in [6.45, 7) is 2.90. The lowest BCUT2D eigenvalue weighted by Crippen LogP contribution is -2.44. The van der Waals surface area contributed by atoms with Crippen molar-refractivity contribution in [1.29, 1.82) is 0 Å². The third-order valence-corrected chi connectivity index (χ3v) is 2.52. The molecule has 86 valence electrons. The Labute approximate surface area is 96.6 Å². The maximum atomic E-state index is 10.8. The first-order valence-corrected chi connectivity index (χ1v) is 5.19. The van der Waals surface area contributed by atoms with Gasteiger partial charge in [0.05, 0.1) is 4.92 Å². The molecule has 0 saturated carbocycles. The van der Waals surface area contributed by atoms with Gasteiger partial charge in [0.2, 0.25) is 11.1 Å². The van der Waals surface area contributed by atoms with Crippen LogP contribution in [0.15, 0.2) is 6.20 Å². The molecule has 0 bridgehead atoms. The second kappa shape index (κ2) is 4.58. The van der Waals surface area contributed by atoms with Crippen molar-refractivity contribution in [3.05, 3.63) is 21.6 Å². The first-order valence-electron chi connectivity index (χ1n) is 4.81. The van der Waals surface area contributed by atoms with Crippen LogP contribution in [0.2, 0.25) is 5.28 Å². The molecule has 16 heavy (non-hydrogen) atoms. The van der Waals surface area contributed by atoms with Gasteiger partial charge in [-0.1, -0.05) is 0 Å². The first kappa shape index (κ1) is 11.0. The van der Waals surface area contributed by atoms with Crippen LogP contribution in [0.4, 0.5) is 11.5 Å². The van der Waals surface area contributed by atoms with E-state index in [1.54, 1.807) is 0 Å². The summed E-state index contributed by atoms with van der Waals surface area (Å²) in [5.74, 6) is 0.298. The number of hydrogen-bond acceptors (Lipinski definition) is 6. The zero-order valence-corrected chi connectivity index (χ0v) is 9.15. The van der Waals surface area contributed by atoms with Gasteiger partial charge in [0.25, 0.3) is 0 Å². The molecule has 1 saturated heterocycles. The summed E-state index contributed by atoms with van der Waals surface area (Å²) in [7, 11) is 0. The number of rotatable bonds is 2. The van der Waals surface area contributed by atoms with Crippen LogP contribution in [-0.2, 0) is 0 Å². The summed E-state index contributed by atoms with van der Waals surface area (Å²) in [5.41, 5.74) is -0.105. The number of nitro groups is 1. The van der Waals surface area contributed by atoms with Gasteiger partial charge in [-0.05, 0) is 11.6 Å². The molecule has 8 heteroatoms. The molecule has 1 fully saturated rings. The molecule has 1 aliphatic rings. The smallest absolute Gasteiger partial charge is 0.329 e. The van der Waals surface area contributed by atoms with E-state index in [1.807, 2.05) is 4.90 Å². The van der Waals surface area contributed by atoms with E-state index in [4.69, 9.17) is 11.6 Å². The van der Waals surface area contributed by atoms with E-state index < -0.39 is 4.92 Å². The molecule has 1 aromatic heterocycles. The van der Waals surface area contributed by atoms with Crippen LogP contribution in [-0.4, -0.2) is 41.1 Å². The summed E-state index contributed by atoms with van der Waals surface area (Å²) >= 11 is 5.65. The highest BCUT2D eigenvalue weighted by atomic mass is 35.5. The molecule has 0 amide bonds. The number of nitrogens with one attached hydrogen (secondary N) is 1. The average Bonchev–Trinajstić information content (AvgIpc) is 2.29. The second-order valence-electron chi connectivity index (χ2n) is 3.34. The molecule has 1 aromatic rings. The maximum absolute atomic E-state index is 10.8. The number of hydrogen-bond donors (Lipinski definition) is 1. The molecule has 1 aliphatic heterocycles. The second-order valence-corrected chi connectivity index (χ2v) is 3.68. The van der Waals surface area contributed by atoms with E-state index in [-0.39, 0.29) is 11.0 Å². The molecule has 2 heterocycles. The fourth-order valence-corrected chi connectivity index (χ4v) is 1.71. The molecule has 0 atom stereocenters. The van der Waals surface area contributed by atoms with E-state index in [1.165, 1.54) is 0 Å². The fraction of sp³-hybridized carbons (Fsp3) is 0.500. The van der Waals surface area contributed by atoms with Crippen LogP contribution < -0.4 is 10.2 Å². The first-order chi connectivity index (χ1) is 7.68. The van der Waals surface area contributed by atoms with E-state index in [2.05, 4.69) is 15.3 Å². The molecule has 1 N–H and O–H groups in total. The van der Waals surface area contributed by atoms with E-state index in [0.717, 1.165) is 19.3 Å². The molecule has 0 unspecified atom stereocenters. The lowest BCUT2D eigenvalue weighted by molar-refractivity contribution is -0.384. The predicted molar refractivity (Wildman–Crippen MR) is 58.8 cm³/mol. The van der Waals surface area contributed by atoms with Gasteiger partial charge in [0, 0.05) is 26.2 Å². The van der Waals surface area contributed by atoms with Crippen molar-refractivity contribution in [3.8, 4) is 0 Å². The van der Waals surface area contributed by atoms with Gasteiger partial charge in [-0.3, -0.25) is 10.1 Å². The summed E-state index contributed by atoms with van der Waals surface area (Å²) in [6, 6.07) is 0. The largest absolute Gasteiger partial charge is 0.348 e. The van der Waals surface area contributed by atoms with Crippen molar-refractivity contribution >= 4 is 23.1 Å². The Kier molecular flexibility index (Phi) is 3.16. The standard InChI is InChI=1S/C8H10ClN5O2/c9-8-11-5-6(14(15)16)7(12-8)13-3-1-10-2-4-13/h5,10H,1-4H2. The highest BCUT2D eigenvalue weighted by molar-refractivity contribution is 6.28. The van der Waals surface area contributed by atoms with E-state index in [9.17, 15) is 10.1 Å². The summed E-state index contributed by atoms with van der Waals surface area (Å²) in [6.07, 6.45) is 1.15. The molecule has 7 nitrogen and oxygen atoms in total. The lowest BCUT2D eigenvalue weighted by atomic mass is 10.3. The van der Waals surface area contributed by atoms with Crippen molar-refractivity contribution in [2.24, 2.45) is 0 Å². The molecular weight excluding hydrogens is 234 g/mol. The Balaban J connectivity index is 2.36. The van der Waals surface area contributed by atoms with Gasteiger partial charge >= 0.3 is 5.69 Å². The van der Waals surface area contributed by atoms with Crippen LogP contribution in [0.3, 0.4) is 0 Å². The summed E-state index contributed by atoms with van der Waals surface area (Å²) in [5, 5.41) is 14.0. The van der Waals surface area contributed by atoms with Crippen molar-refractivity contribution < 1.29 is 4.92 Å². The SMILES string of the molecule is O=[N+]([O-])c1cnc(Cl)nc1N1CCNCC1. The third-order valence-electron chi connectivity index (χ3n) is 2.33. The summed E-state index contributed by atoms with van der Waals surface area (Å²) in [4.78, 5) is 19.7. The minimum absolute atomic E-state index is 0.0270. The molecule has 2 rings (SSSR count). The molecule has 0 aromatic carbocycles. The number of halogens is 1. The topological polar surface area (TPSA) is 84.2 Å². The van der Waals surface area contributed by atoms with E-state index >= 15 is 0 Å². The van der Waals surface area contributed by atoms with Crippen LogP contribution >= 0.6 is 11.6 Å². The zero-order valence-electron chi connectivity index (χ0n) is 8.39. The Morgan fingerprint density at radius 1 is 1.50 bits per heavy atom. The van der Waals surface area contributed by atoms with Gasteiger partial charge in [-0.2, -0.15) is 4.98 Å². The van der Waals surface area contributed by atoms with Crippen molar-refractivity contribution in [2.45, 2.75) is 0 Å². The van der Waals surface area contributed by atoms with Gasteiger partial charge in [0.15, 0.2) is 0 Å². The van der Waals surface area contributed by atoms with Crippen molar-refractivity contribution in [3.63, 3.8) is 0 Å². The Hall–Kier alpha value is -1.47. The van der Waals surface area contributed by atoms with Gasteiger partial charge in [-0.25, -0.2) is 4.98 Å². The Bertz CT molecular complexity index is 407. The van der Waals surface area contributed by atoms with Crippen LogP contribution in [0.25, 0.3) is 0 Å². The fourth-order valence-electron chi connectivity index (χ4n) is 1.58. The average molecular weight is 244 g/mol. The molecular formula is C8H10ClN5O2. The van der Waals surface area contributed by atoms with Crippen molar-refractivity contribution in [1.82, 2.24) is 15.3 Å². The predicted octanol–water partition coefficient (Wildman–Crippen LogP) is 0.448. The minimum atomic E-state index is -0.492. The highest BCUT2D eigenvalue weighted by Gasteiger charge is 2.23. The lowest BCUT2D eigenvalue weighted by Gasteiger charge is -2.27. The summed E-state index contributed by atoms with van der Waals surface area (Å²) < 4.78 is 0. The Morgan fingerprint density at radius 3 is 2.81 bits per heavy atom. The van der Waals surface area contributed by atoms with Gasteiger partial charge in [0.1, 0.15) is 6.20 Å². The van der Waals surface area contributed by atoms with Crippen molar-refractivity contribution in [2.75, 3.05) is 31.1 Å². The van der Waals surface area contributed by atoms with Crippen LogP contribution in [0.1, 0.15) is 0 Å².